The third-order valence-electron chi connectivity index (χ3n) is 4.35. The summed E-state index contributed by atoms with van der Waals surface area (Å²) in [4.78, 5) is 25.7. The average molecular weight is 374 g/mol. The van der Waals surface area contributed by atoms with E-state index < -0.39 is 0 Å². The van der Waals surface area contributed by atoms with Crippen LogP contribution < -0.4 is 5.73 Å². The number of carbonyl (C=O) groups excluding carboxylic acids is 1. The predicted octanol–water partition coefficient (Wildman–Crippen LogP) is 2.98. The first-order chi connectivity index (χ1) is 11.9. The quantitative estimate of drug-likeness (QED) is 0.560. The van der Waals surface area contributed by atoms with Gasteiger partial charge in [0.25, 0.3) is 0 Å². The van der Waals surface area contributed by atoms with Gasteiger partial charge in [0.05, 0.1) is 28.2 Å². The van der Waals surface area contributed by atoms with Crippen LogP contribution in [0, 0.1) is 6.92 Å². The van der Waals surface area contributed by atoms with Crippen molar-refractivity contribution in [2.45, 2.75) is 44.4 Å². The van der Waals surface area contributed by atoms with Crippen LogP contribution in [0.4, 0.5) is 0 Å². The summed E-state index contributed by atoms with van der Waals surface area (Å²) in [7, 11) is 0. The number of amides is 1. The van der Waals surface area contributed by atoms with E-state index in [1.54, 1.807) is 17.7 Å². The normalized spacial score (nSPS) is 16.3. The molecule has 0 bridgehead atoms. The van der Waals surface area contributed by atoms with Crippen molar-refractivity contribution in [2.24, 2.45) is 5.73 Å². The van der Waals surface area contributed by atoms with E-state index in [0.717, 1.165) is 43.1 Å². The number of aryl methyl sites for hydroxylation is 1. The number of hydrogen-bond acceptors (Lipinski definition) is 7. The van der Waals surface area contributed by atoms with E-state index in [1.165, 1.54) is 17.3 Å². The zero-order valence-electron chi connectivity index (χ0n) is 14.3. The van der Waals surface area contributed by atoms with Crippen LogP contribution in [0.3, 0.4) is 0 Å². The molecule has 25 heavy (non-hydrogen) atoms. The molecular formula is C17H18N4O2S2. The van der Waals surface area contributed by atoms with E-state index in [1.807, 2.05) is 6.92 Å². The number of rotatable bonds is 3. The summed E-state index contributed by atoms with van der Waals surface area (Å²) in [6, 6.07) is 0. The summed E-state index contributed by atoms with van der Waals surface area (Å²) >= 11 is 2.92. The van der Waals surface area contributed by atoms with Crippen LogP contribution in [0.25, 0.3) is 20.4 Å². The van der Waals surface area contributed by atoms with Gasteiger partial charge in [0.2, 0.25) is 5.91 Å². The third-order valence-corrected chi connectivity index (χ3v) is 6.57. The lowest BCUT2D eigenvalue weighted by molar-refractivity contribution is -0.115. The van der Waals surface area contributed by atoms with Crippen molar-refractivity contribution in [3.63, 3.8) is 0 Å². The van der Waals surface area contributed by atoms with Gasteiger partial charge < -0.3 is 10.5 Å². The van der Waals surface area contributed by atoms with Crippen molar-refractivity contribution in [1.29, 1.82) is 0 Å². The van der Waals surface area contributed by atoms with Gasteiger partial charge in [-0.3, -0.25) is 4.79 Å². The standard InChI is InChI=1S/C17H18N4O2S2/c1-8-10-5-23-17(2,3)4-9(10)12-13-14(25-15(12)21-8)16(20-7-19-13)24-6-11(18)22/h7H,4-6H2,1-3H3,(H2,18,22). The highest BCUT2D eigenvalue weighted by molar-refractivity contribution is 8.00. The molecule has 8 heteroatoms. The van der Waals surface area contributed by atoms with Crippen LogP contribution in [0.15, 0.2) is 11.4 Å². The first kappa shape index (κ1) is 16.7. The Morgan fingerprint density at radius 3 is 2.96 bits per heavy atom. The Hall–Kier alpha value is -1.77. The number of carbonyl (C=O) groups is 1. The van der Waals surface area contributed by atoms with E-state index in [-0.39, 0.29) is 17.3 Å². The molecule has 4 rings (SSSR count). The van der Waals surface area contributed by atoms with E-state index in [4.69, 9.17) is 15.5 Å². The largest absolute Gasteiger partial charge is 0.370 e. The molecule has 0 spiro atoms. The summed E-state index contributed by atoms with van der Waals surface area (Å²) < 4.78 is 6.94. The minimum Gasteiger partial charge on any atom is -0.370 e. The van der Waals surface area contributed by atoms with Crippen LogP contribution in [0.1, 0.15) is 30.7 Å². The Balaban J connectivity index is 1.97. The third kappa shape index (κ3) is 2.88. The second-order valence-corrected chi connectivity index (χ2v) is 8.74. The molecule has 1 aliphatic heterocycles. The van der Waals surface area contributed by atoms with E-state index in [2.05, 4.69) is 23.8 Å². The molecule has 0 atom stereocenters. The Kier molecular flexibility index (Phi) is 3.93. The lowest BCUT2D eigenvalue weighted by Gasteiger charge is -2.32. The molecule has 3 aromatic rings. The maximum absolute atomic E-state index is 11.1. The van der Waals surface area contributed by atoms with Crippen molar-refractivity contribution < 1.29 is 9.53 Å². The molecule has 4 heterocycles. The molecule has 0 saturated heterocycles. The molecule has 0 aliphatic carbocycles. The van der Waals surface area contributed by atoms with Crippen LogP contribution in [0.5, 0.6) is 0 Å². The number of aromatic nitrogens is 3. The molecule has 1 aliphatic rings. The molecule has 6 nitrogen and oxygen atoms in total. The fraction of sp³-hybridized carbons (Fsp3) is 0.412. The van der Waals surface area contributed by atoms with Gasteiger partial charge in [-0.1, -0.05) is 11.8 Å². The molecule has 0 aromatic carbocycles. The van der Waals surface area contributed by atoms with Crippen molar-refractivity contribution >= 4 is 49.4 Å². The fourth-order valence-corrected chi connectivity index (χ4v) is 5.21. The van der Waals surface area contributed by atoms with Gasteiger partial charge in [-0.25, -0.2) is 15.0 Å². The van der Waals surface area contributed by atoms with Gasteiger partial charge >= 0.3 is 0 Å². The van der Waals surface area contributed by atoms with Gasteiger partial charge in [-0.05, 0) is 26.3 Å². The van der Waals surface area contributed by atoms with Crippen molar-refractivity contribution in [3.05, 3.63) is 23.1 Å². The topological polar surface area (TPSA) is 91.0 Å². The molecule has 2 N–H and O–H groups in total. The van der Waals surface area contributed by atoms with E-state index in [9.17, 15) is 4.79 Å². The zero-order valence-corrected chi connectivity index (χ0v) is 15.9. The van der Waals surface area contributed by atoms with Crippen LogP contribution >= 0.6 is 23.1 Å². The number of nitrogens with zero attached hydrogens (tertiary/aromatic N) is 3. The fourth-order valence-electron chi connectivity index (χ4n) is 3.19. The van der Waals surface area contributed by atoms with Crippen LogP contribution in [-0.4, -0.2) is 32.2 Å². The van der Waals surface area contributed by atoms with Gasteiger partial charge in [-0.2, -0.15) is 0 Å². The Bertz CT molecular complexity index is 1010. The number of hydrogen-bond donors (Lipinski definition) is 1. The molecule has 0 saturated carbocycles. The lowest BCUT2D eigenvalue weighted by atomic mass is 9.89. The number of ether oxygens (including phenoxy) is 1. The molecule has 0 radical (unpaired) electrons. The van der Waals surface area contributed by atoms with Gasteiger partial charge in [0, 0.05) is 23.1 Å². The monoisotopic (exact) mass is 374 g/mol. The highest BCUT2D eigenvalue weighted by Gasteiger charge is 2.30. The zero-order chi connectivity index (χ0) is 17.8. The van der Waals surface area contributed by atoms with Gasteiger partial charge in [0.15, 0.2) is 0 Å². The SMILES string of the molecule is Cc1nc2sc3c(SCC(N)=O)ncnc3c2c2c1COC(C)(C)C2. The summed E-state index contributed by atoms with van der Waals surface area (Å²) in [6.45, 7) is 6.81. The highest BCUT2D eigenvalue weighted by atomic mass is 32.2. The summed E-state index contributed by atoms with van der Waals surface area (Å²) in [5.41, 5.74) is 9.41. The maximum atomic E-state index is 11.1. The number of nitrogens with two attached hydrogens (primary N) is 1. The Morgan fingerprint density at radius 2 is 2.20 bits per heavy atom. The van der Waals surface area contributed by atoms with Crippen molar-refractivity contribution in [3.8, 4) is 0 Å². The second kappa shape index (κ2) is 5.89. The number of pyridine rings is 1. The summed E-state index contributed by atoms with van der Waals surface area (Å²) in [5.74, 6) is -0.158. The number of thiophene rings is 1. The van der Waals surface area contributed by atoms with Crippen molar-refractivity contribution in [2.75, 3.05) is 5.75 Å². The minimum atomic E-state index is -0.358. The van der Waals surface area contributed by atoms with E-state index in [0.29, 0.717) is 6.61 Å². The van der Waals surface area contributed by atoms with Crippen LogP contribution in [-0.2, 0) is 22.6 Å². The Labute approximate surface area is 153 Å². The number of thioether (sulfide) groups is 1. The number of primary amides is 1. The summed E-state index contributed by atoms with van der Waals surface area (Å²) in [5, 5.41) is 1.88. The van der Waals surface area contributed by atoms with Gasteiger partial charge in [0.1, 0.15) is 16.2 Å². The molecular weight excluding hydrogens is 356 g/mol. The molecule has 1 amide bonds. The molecule has 3 aromatic heterocycles. The number of fused-ring (bicyclic) bond motifs is 5. The first-order valence-corrected chi connectivity index (χ1v) is 9.76. The van der Waals surface area contributed by atoms with Crippen molar-refractivity contribution in [1.82, 2.24) is 15.0 Å². The Morgan fingerprint density at radius 1 is 1.40 bits per heavy atom. The molecule has 130 valence electrons. The van der Waals surface area contributed by atoms with E-state index >= 15 is 0 Å². The average Bonchev–Trinajstić information content (AvgIpc) is 2.90. The second-order valence-electron chi connectivity index (χ2n) is 6.77. The highest BCUT2D eigenvalue weighted by Crippen LogP contribution is 2.42. The van der Waals surface area contributed by atoms with Crippen LogP contribution in [0.2, 0.25) is 0 Å². The maximum Gasteiger partial charge on any atom is 0.227 e. The first-order valence-electron chi connectivity index (χ1n) is 7.96. The molecule has 0 fully saturated rings. The lowest BCUT2D eigenvalue weighted by Crippen LogP contribution is -2.32. The predicted molar refractivity (Wildman–Crippen MR) is 99.9 cm³/mol. The van der Waals surface area contributed by atoms with Gasteiger partial charge in [-0.15, -0.1) is 11.3 Å². The summed E-state index contributed by atoms with van der Waals surface area (Å²) in [6.07, 6.45) is 2.37. The minimum absolute atomic E-state index is 0.200. The smallest absolute Gasteiger partial charge is 0.227 e. The molecule has 0 unspecified atom stereocenters.